The molecule has 0 aliphatic carbocycles. The number of rotatable bonds is 24. The number of hydrogen-bond acceptors (Lipinski definition) is 12. The van der Waals surface area contributed by atoms with Crippen molar-refractivity contribution in [1.82, 2.24) is 35.3 Å². The summed E-state index contributed by atoms with van der Waals surface area (Å²) in [5, 5.41) is 41.1. The maximum Gasteiger partial charge on any atom is 0.371 e. The lowest BCUT2D eigenvalue weighted by Crippen LogP contribution is -2.46. The van der Waals surface area contributed by atoms with Crippen LogP contribution in [0.2, 0.25) is 0 Å². The first-order valence-electron chi connectivity index (χ1n) is 13.0. The Kier molecular flexibility index (Phi) is 16.2. The number of aliphatic hydroxyl groups is 1. The fourth-order valence-corrected chi connectivity index (χ4v) is 5.74. The van der Waals surface area contributed by atoms with Crippen LogP contribution >= 0.6 is 15.2 Å². The first-order valence-corrected chi connectivity index (χ1v) is 16.2. The smallest absolute Gasteiger partial charge is 0.371 e. The molecule has 0 radical (unpaired) electrons. The molecular weight excluding hydrogens is 636 g/mol. The first kappa shape index (κ1) is 39.2. The van der Waals surface area contributed by atoms with Gasteiger partial charge in [0, 0.05) is 58.4 Å². The largest absolute Gasteiger partial charge is 0.480 e. The van der Waals surface area contributed by atoms with Crippen molar-refractivity contribution in [2.75, 3.05) is 72.0 Å². The molecule has 1 heterocycles. The maximum absolute atomic E-state index is 12.6. The summed E-state index contributed by atoms with van der Waals surface area (Å²) >= 11 is 0. The zero-order valence-corrected chi connectivity index (χ0v) is 25.3. The van der Waals surface area contributed by atoms with Crippen molar-refractivity contribution in [3.8, 4) is 0 Å². The van der Waals surface area contributed by atoms with E-state index in [4.69, 9.17) is 10.2 Å². The predicted molar refractivity (Wildman–Crippen MR) is 150 cm³/mol. The lowest BCUT2D eigenvalue weighted by atomic mass is 10.3. The van der Waals surface area contributed by atoms with Gasteiger partial charge in [0.25, 0.3) is 5.08 Å². The van der Waals surface area contributed by atoms with E-state index in [1.54, 1.807) is 9.80 Å². The SMILES string of the molecule is O=C(O)CNCCN(CCN(CCNCC(=O)O)CC(=O)NCCc1cn(CC(O)(P(=O)(O)O)P(=O)(O)O)cn1)CC(=O)O. The Hall–Kier alpha value is -2.81. The van der Waals surface area contributed by atoms with E-state index >= 15 is 0 Å². The van der Waals surface area contributed by atoms with Gasteiger partial charge in [-0.3, -0.25) is 38.1 Å². The summed E-state index contributed by atoms with van der Waals surface area (Å²) in [6, 6.07) is 0. The second-order valence-corrected chi connectivity index (χ2v) is 13.6. The summed E-state index contributed by atoms with van der Waals surface area (Å²) in [6.07, 6.45) is 2.28. The van der Waals surface area contributed by atoms with Gasteiger partial charge in [-0.1, -0.05) is 0 Å². The van der Waals surface area contributed by atoms with Gasteiger partial charge in [0.05, 0.1) is 44.7 Å². The molecule has 1 aromatic heterocycles. The second kappa shape index (κ2) is 18.2. The lowest BCUT2D eigenvalue weighted by molar-refractivity contribution is -0.139. The van der Waals surface area contributed by atoms with Crippen LogP contribution in [0.3, 0.4) is 0 Å². The molecule has 23 heteroatoms. The highest BCUT2D eigenvalue weighted by molar-refractivity contribution is 7.72. The summed E-state index contributed by atoms with van der Waals surface area (Å²) in [5.74, 6) is -3.70. The molecule has 252 valence electrons. The average molecular weight is 676 g/mol. The average Bonchev–Trinajstić information content (AvgIpc) is 3.32. The highest BCUT2D eigenvalue weighted by Crippen LogP contribution is 2.68. The van der Waals surface area contributed by atoms with E-state index in [9.17, 15) is 58.1 Å². The molecule has 0 spiro atoms. The van der Waals surface area contributed by atoms with Crippen molar-refractivity contribution in [2.24, 2.45) is 0 Å². The molecule has 1 rings (SSSR count). The molecular formula is C21H39N7O14P2. The highest BCUT2D eigenvalue weighted by atomic mass is 31.2. The maximum atomic E-state index is 12.6. The van der Waals surface area contributed by atoms with Crippen LogP contribution < -0.4 is 16.0 Å². The summed E-state index contributed by atoms with van der Waals surface area (Å²) in [4.78, 5) is 89.6. The van der Waals surface area contributed by atoms with E-state index in [0.717, 1.165) is 10.9 Å². The minimum absolute atomic E-state index is 0.0303. The summed E-state index contributed by atoms with van der Waals surface area (Å²) in [5.41, 5.74) is 0.264. The fraction of sp³-hybridized carbons (Fsp3) is 0.667. The molecule has 0 aromatic carbocycles. The van der Waals surface area contributed by atoms with Crippen molar-refractivity contribution in [3.05, 3.63) is 18.2 Å². The Bertz CT molecular complexity index is 1180. The minimum Gasteiger partial charge on any atom is -0.480 e. The molecule has 1 amide bonds. The lowest BCUT2D eigenvalue weighted by Gasteiger charge is -2.29. The highest BCUT2D eigenvalue weighted by Gasteiger charge is 2.59. The zero-order valence-electron chi connectivity index (χ0n) is 23.6. The molecule has 0 atom stereocenters. The first-order chi connectivity index (χ1) is 20.3. The second-order valence-electron chi connectivity index (χ2n) is 9.59. The third-order valence-electron chi connectivity index (χ3n) is 5.94. The minimum atomic E-state index is -5.67. The number of amides is 1. The van der Waals surface area contributed by atoms with E-state index in [1.165, 1.54) is 6.20 Å². The number of imidazole rings is 1. The van der Waals surface area contributed by atoms with Crippen molar-refractivity contribution >= 4 is 39.0 Å². The van der Waals surface area contributed by atoms with Crippen molar-refractivity contribution in [1.29, 1.82) is 0 Å². The molecule has 0 saturated carbocycles. The van der Waals surface area contributed by atoms with Crippen LogP contribution in [0.4, 0.5) is 0 Å². The number of carbonyl (C=O) groups excluding carboxylic acids is 1. The van der Waals surface area contributed by atoms with Crippen molar-refractivity contribution < 1.29 is 68.3 Å². The topological polar surface area (TPSA) is 325 Å². The van der Waals surface area contributed by atoms with Crippen molar-refractivity contribution in [2.45, 2.75) is 18.0 Å². The Balaban J connectivity index is 2.74. The van der Waals surface area contributed by atoms with E-state index in [0.29, 0.717) is 0 Å². The summed E-state index contributed by atoms with van der Waals surface area (Å²) in [7, 11) is -11.3. The van der Waals surface area contributed by atoms with Crippen LogP contribution in [0.1, 0.15) is 5.69 Å². The van der Waals surface area contributed by atoms with Gasteiger partial charge in [-0.15, -0.1) is 0 Å². The molecule has 0 bridgehead atoms. The van der Waals surface area contributed by atoms with Crippen LogP contribution in [-0.4, -0.2) is 160 Å². The van der Waals surface area contributed by atoms with E-state index in [2.05, 4.69) is 20.9 Å². The molecule has 0 saturated heterocycles. The number of carboxylic acids is 3. The molecule has 0 unspecified atom stereocenters. The van der Waals surface area contributed by atoms with Gasteiger partial charge < -0.3 is 60.5 Å². The van der Waals surface area contributed by atoms with Crippen LogP contribution in [0.25, 0.3) is 0 Å². The van der Waals surface area contributed by atoms with E-state index < -0.39 is 50.6 Å². The summed E-state index contributed by atoms with van der Waals surface area (Å²) < 4.78 is 24.0. The Labute approximate surface area is 251 Å². The fourth-order valence-electron chi connectivity index (χ4n) is 3.69. The monoisotopic (exact) mass is 675 g/mol. The van der Waals surface area contributed by atoms with Gasteiger partial charge in [0.1, 0.15) is 0 Å². The number of aromatic nitrogens is 2. The zero-order chi connectivity index (χ0) is 33.6. The Morgan fingerprint density at radius 3 is 1.75 bits per heavy atom. The number of hydrogen-bond donors (Lipinski definition) is 11. The van der Waals surface area contributed by atoms with Gasteiger partial charge in [-0.2, -0.15) is 0 Å². The number of carbonyl (C=O) groups is 4. The number of nitrogens with one attached hydrogen (secondary N) is 3. The molecule has 0 fully saturated rings. The van der Waals surface area contributed by atoms with E-state index in [1.807, 2.05) is 0 Å². The van der Waals surface area contributed by atoms with Gasteiger partial charge in [-0.25, -0.2) is 4.98 Å². The van der Waals surface area contributed by atoms with Crippen LogP contribution in [0.5, 0.6) is 0 Å². The van der Waals surface area contributed by atoms with Crippen LogP contribution in [-0.2, 0) is 41.3 Å². The van der Waals surface area contributed by atoms with Crippen LogP contribution in [0, 0.1) is 0 Å². The third-order valence-corrected chi connectivity index (χ3v) is 9.65. The van der Waals surface area contributed by atoms with Gasteiger partial charge >= 0.3 is 33.1 Å². The predicted octanol–water partition coefficient (Wildman–Crippen LogP) is -4.42. The normalized spacial score (nSPS) is 12.5. The summed E-state index contributed by atoms with van der Waals surface area (Å²) in [6.45, 7) is -0.978. The quantitative estimate of drug-likeness (QED) is 0.0364. The number of nitrogens with zero attached hydrogens (tertiary/aromatic N) is 4. The number of carboxylic acid groups (broad SMARTS) is 3. The third kappa shape index (κ3) is 14.8. The van der Waals surface area contributed by atoms with E-state index in [-0.39, 0.29) is 84.1 Å². The standard InChI is InChI=1S/C21H39N7O14P2/c29-17(24-2-1-16-11-28(15-25-16)14-21(36,43(37,38)39)44(40,41)42)12-26(5-3-22-9-18(30)31)7-8-27(13-20(34)35)6-4-23-10-19(32)33/h11,15,22-23,36H,1-10,12-14H2,(H,24,29)(H,30,31)(H,32,33)(H,34,35)(H2,37,38,39)(H2,40,41,42). The molecule has 0 aliphatic rings. The molecule has 1 aromatic rings. The van der Waals surface area contributed by atoms with Crippen molar-refractivity contribution in [3.63, 3.8) is 0 Å². The molecule has 0 aliphatic heterocycles. The molecule has 11 N–H and O–H groups in total. The van der Waals surface area contributed by atoms with Crippen LogP contribution in [0.15, 0.2) is 12.5 Å². The molecule has 21 nitrogen and oxygen atoms in total. The Morgan fingerprint density at radius 1 is 0.795 bits per heavy atom. The molecule has 44 heavy (non-hydrogen) atoms. The van der Waals surface area contributed by atoms with Gasteiger partial charge in [-0.05, 0) is 0 Å². The Morgan fingerprint density at radius 2 is 1.30 bits per heavy atom. The van der Waals surface area contributed by atoms with Gasteiger partial charge in [0.2, 0.25) is 5.91 Å². The van der Waals surface area contributed by atoms with Gasteiger partial charge in [0.15, 0.2) is 0 Å². The number of aliphatic carboxylic acids is 3.